The Morgan fingerprint density at radius 1 is 0.677 bits per heavy atom. The summed E-state index contributed by atoms with van der Waals surface area (Å²) in [6.07, 6.45) is -9.04. The van der Waals surface area contributed by atoms with E-state index in [1.807, 2.05) is 0 Å². The molecule has 2 rings (SSSR count). The van der Waals surface area contributed by atoms with Crippen LogP contribution in [-0.4, -0.2) is 34.5 Å². The summed E-state index contributed by atoms with van der Waals surface area (Å²) >= 11 is 0. The van der Waals surface area contributed by atoms with Crippen LogP contribution in [0.15, 0.2) is 11.1 Å². The van der Waals surface area contributed by atoms with Crippen molar-refractivity contribution in [3.8, 4) is 0 Å². The van der Waals surface area contributed by atoms with Crippen molar-refractivity contribution in [1.29, 1.82) is 0 Å². The molecule has 0 amide bonds. The molecule has 0 aromatic rings. The fourth-order valence-electron chi connectivity index (χ4n) is 5.16. The number of rotatable bonds is 5. The first-order valence-electron chi connectivity index (χ1n) is 10.6. The summed E-state index contributed by atoms with van der Waals surface area (Å²) in [4.78, 5) is 23.2. The fraction of sp³-hybridized carbons (Fsp3) is 0.810. The molecule has 2 aliphatic carbocycles. The molecule has 2 aliphatic rings. The Labute approximate surface area is 176 Å². The number of aliphatic carboxylic acids is 2. The molecule has 0 aromatic heterocycles. The van der Waals surface area contributed by atoms with Crippen molar-refractivity contribution in [2.24, 2.45) is 23.7 Å². The van der Waals surface area contributed by atoms with Gasteiger partial charge in [-0.2, -0.15) is 26.3 Å². The van der Waals surface area contributed by atoms with Gasteiger partial charge in [-0.15, -0.1) is 0 Å². The lowest BCUT2D eigenvalue weighted by molar-refractivity contribution is -0.178. The van der Waals surface area contributed by atoms with E-state index in [0.29, 0.717) is 0 Å². The van der Waals surface area contributed by atoms with E-state index in [9.17, 15) is 46.1 Å². The van der Waals surface area contributed by atoms with Crippen LogP contribution in [-0.2, 0) is 9.59 Å². The van der Waals surface area contributed by atoms with Gasteiger partial charge in [-0.05, 0) is 63.2 Å². The number of carboxylic acids is 2. The van der Waals surface area contributed by atoms with Gasteiger partial charge in [-0.1, -0.05) is 18.4 Å². The van der Waals surface area contributed by atoms with E-state index in [1.54, 1.807) is 0 Å². The summed E-state index contributed by atoms with van der Waals surface area (Å²) in [7, 11) is 0. The van der Waals surface area contributed by atoms with Crippen LogP contribution in [0.5, 0.6) is 0 Å². The van der Waals surface area contributed by atoms with Crippen molar-refractivity contribution >= 4 is 11.9 Å². The Morgan fingerprint density at radius 3 is 1.42 bits per heavy atom. The van der Waals surface area contributed by atoms with E-state index in [0.717, 1.165) is 0 Å². The monoisotopic (exact) mass is 458 g/mol. The Kier molecular flexibility index (Phi) is 8.44. The van der Waals surface area contributed by atoms with E-state index < -0.39 is 54.4 Å². The van der Waals surface area contributed by atoms with E-state index >= 15 is 0 Å². The molecule has 0 heterocycles. The van der Waals surface area contributed by atoms with Crippen molar-refractivity contribution in [3.63, 3.8) is 0 Å². The van der Waals surface area contributed by atoms with Gasteiger partial charge >= 0.3 is 24.3 Å². The Balaban J connectivity index is 2.38. The number of carbonyl (C=O) groups is 2. The smallest absolute Gasteiger partial charge is 0.391 e. The van der Waals surface area contributed by atoms with Gasteiger partial charge in [0.2, 0.25) is 0 Å². The summed E-state index contributed by atoms with van der Waals surface area (Å²) in [6.45, 7) is 0. The number of allylic oxidation sites excluding steroid dienone is 1. The molecule has 0 saturated heterocycles. The van der Waals surface area contributed by atoms with Gasteiger partial charge < -0.3 is 10.2 Å². The highest BCUT2D eigenvalue weighted by Crippen LogP contribution is 2.46. The number of carboxylic acid groups (broad SMARTS) is 2. The molecule has 0 bridgehead atoms. The second-order valence-corrected chi connectivity index (χ2v) is 8.70. The minimum Gasteiger partial charge on any atom is -0.481 e. The summed E-state index contributed by atoms with van der Waals surface area (Å²) in [5.41, 5.74) is -0.112. The van der Waals surface area contributed by atoms with E-state index in [-0.39, 0.29) is 75.4 Å². The van der Waals surface area contributed by atoms with Gasteiger partial charge in [0, 0.05) is 5.57 Å². The number of hydrogen-bond donors (Lipinski definition) is 2. The third kappa shape index (κ3) is 7.14. The van der Waals surface area contributed by atoms with Crippen molar-refractivity contribution < 1.29 is 46.1 Å². The Hall–Kier alpha value is -1.74. The molecule has 2 fully saturated rings. The molecule has 4 atom stereocenters. The van der Waals surface area contributed by atoms with Crippen LogP contribution < -0.4 is 0 Å². The van der Waals surface area contributed by atoms with Crippen LogP contribution in [0.4, 0.5) is 26.3 Å². The normalized spacial score (nSPS) is 28.3. The highest BCUT2D eigenvalue weighted by atomic mass is 19.4. The van der Waals surface area contributed by atoms with Gasteiger partial charge in [-0.25, -0.2) is 4.79 Å². The van der Waals surface area contributed by atoms with E-state index in [2.05, 4.69) is 0 Å². The standard InChI is InChI=1S/C21H28F6O4/c22-20(23,24)14-5-1-3-12(7-9-14)18(16(19(30)31)11-17(28)29)13-4-2-6-15(10-8-13)21(25,26)27/h12-15H,1-11H2,(H,28,29)(H,30,31). The highest BCUT2D eigenvalue weighted by Gasteiger charge is 2.43. The average Bonchev–Trinajstić information content (AvgIpc) is 3.01. The largest absolute Gasteiger partial charge is 0.481 e. The minimum absolute atomic E-state index is 0.0507. The van der Waals surface area contributed by atoms with Crippen LogP contribution in [0.1, 0.15) is 70.6 Å². The van der Waals surface area contributed by atoms with E-state index in [4.69, 9.17) is 0 Å². The zero-order valence-corrected chi connectivity index (χ0v) is 17.1. The maximum absolute atomic E-state index is 13.2. The number of hydrogen-bond acceptors (Lipinski definition) is 2. The van der Waals surface area contributed by atoms with Crippen LogP contribution in [0.25, 0.3) is 0 Å². The van der Waals surface area contributed by atoms with Gasteiger partial charge in [-0.3, -0.25) is 4.79 Å². The molecule has 10 heteroatoms. The molecule has 0 aromatic carbocycles. The maximum atomic E-state index is 13.2. The number of halogens is 6. The third-order valence-corrected chi connectivity index (χ3v) is 6.68. The van der Waals surface area contributed by atoms with Gasteiger partial charge in [0.25, 0.3) is 0 Å². The van der Waals surface area contributed by atoms with Gasteiger partial charge in [0.15, 0.2) is 0 Å². The molecule has 2 saturated carbocycles. The molecular weight excluding hydrogens is 430 g/mol. The summed E-state index contributed by atoms with van der Waals surface area (Å²) < 4.78 is 79.1. The molecule has 0 radical (unpaired) electrons. The van der Waals surface area contributed by atoms with E-state index in [1.165, 1.54) is 0 Å². The fourth-order valence-corrected chi connectivity index (χ4v) is 5.16. The zero-order valence-electron chi connectivity index (χ0n) is 17.1. The first-order chi connectivity index (χ1) is 14.3. The van der Waals surface area contributed by atoms with Crippen LogP contribution in [0.3, 0.4) is 0 Å². The quantitative estimate of drug-likeness (QED) is 0.286. The molecule has 2 N–H and O–H groups in total. The van der Waals surface area contributed by atoms with Crippen molar-refractivity contribution in [1.82, 2.24) is 0 Å². The van der Waals surface area contributed by atoms with Crippen molar-refractivity contribution in [2.75, 3.05) is 0 Å². The van der Waals surface area contributed by atoms with Crippen molar-refractivity contribution in [2.45, 2.75) is 83.0 Å². The van der Waals surface area contributed by atoms with Crippen LogP contribution in [0.2, 0.25) is 0 Å². The topological polar surface area (TPSA) is 74.6 Å². The molecule has 4 nitrogen and oxygen atoms in total. The van der Waals surface area contributed by atoms with Crippen molar-refractivity contribution in [3.05, 3.63) is 11.1 Å². The third-order valence-electron chi connectivity index (χ3n) is 6.68. The molecule has 4 unspecified atom stereocenters. The van der Waals surface area contributed by atoms with Crippen LogP contribution in [0, 0.1) is 23.7 Å². The predicted octanol–water partition coefficient (Wildman–Crippen LogP) is 6.36. The SMILES string of the molecule is O=C(O)CC(C(=O)O)=C(C1CCCC(C(F)(F)F)CC1)C1CCCC(C(F)(F)F)CC1. The number of alkyl halides is 6. The minimum atomic E-state index is -4.36. The van der Waals surface area contributed by atoms with Gasteiger partial charge in [0.05, 0.1) is 18.3 Å². The first-order valence-corrected chi connectivity index (χ1v) is 10.6. The van der Waals surface area contributed by atoms with Crippen LogP contribution >= 0.6 is 0 Å². The maximum Gasteiger partial charge on any atom is 0.391 e. The van der Waals surface area contributed by atoms with Gasteiger partial charge in [0.1, 0.15) is 0 Å². The Morgan fingerprint density at radius 2 is 1.10 bits per heavy atom. The molecule has 0 spiro atoms. The first kappa shape index (κ1) is 25.5. The molecule has 178 valence electrons. The predicted molar refractivity (Wildman–Crippen MR) is 99.2 cm³/mol. The average molecular weight is 458 g/mol. The second-order valence-electron chi connectivity index (χ2n) is 8.70. The highest BCUT2D eigenvalue weighted by molar-refractivity contribution is 5.93. The second kappa shape index (κ2) is 10.3. The summed E-state index contributed by atoms with van der Waals surface area (Å²) in [6, 6.07) is 0. The lowest BCUT2D eigenvalue weighted by atomic mass is 9.76. The lowest BCUT2D eigenvalue weighted by Crippen LogP contribution is -2.24. The molecule has 0 aliphatic heterocycles. The lowest BCUT2D eigenvalue weighted by Gasteiger charge is -2.29. The zero-order chi connectivity index (χ0) is 23.4. The summed E-state index contributed by atoms with van der Waals surface area (Å²) in [5, 5.41) is 18.9. The summed E-state index contributed by atoms with van der Waals surface area (Å²) in [5.74, 6) is -7.00. The molecule has 31 heavy (non-hydrogen) atoms. The Bertz CT molecular complexity index is 644. The molecular formula is C21H28F6O4.